The van der Waals surface area contributed by atoms with E-state index in [1.807, 2.05) is 12.1 Å². The third-order valence-electron chi connectivity index (χ3n) is 4.47. The fourth-order valence-corrected chi connectivity index (χ4v) is 3.00. The minimum atomic E-state index is -0.124. The third kappa shape index (κ3) is 3.70. The number of carbonyl (C=O) groups excluding carboxylic acids is 1. The van der Waals surface area contributed by atoms with Gasteiger partial charge in [0.1, 0.15) is 18.6 Å². The number of nitrogens with one attached hydrogen (secondary N) is 1. The van der Waals surface area contributed by atoms with E-state index in [-0.39, 0.29) is 17.9 Å². The Morgan fingerprint density at radius 3 is 2.71 bits per heavy atom. The Labute approximate surface area is 140 Å². The molecule has 2 aromatic rings. The van der Waals surface area contributed by atoms with Gasteiger partial charge in [0.2, 0.25) is 5.91 Å². The summed E-state index contributed by atoms with van der Waals surface area (Å²) in [6.45, 7) is 2.05. The van der Waals surface area contributed by atoms with Gasteiger partial charge < -0.3 is 14.8 Å². The van der Waals surface area contributed by atoms with Crippen LogP contribution in [0.3, 0.4) is 0 Å². The van der Waals surface area contributed by atoms with Crippen LogP contribution in [0, 0.1) is 0 Å². The second-order valence-electron chi connectivity index (χ2n) is 5.91. The van der Waals surface area contributed by atoms with Gasteiger partial charge in [-0.05, 0) is 41.0 Å². The quantitative estimate of drug-likeness (QED) is 0.831. The van der Waals surface area contributed by atoms with E-state index in [9.17, 15) is 4.79 Å². The van der Waals surface area contributed by atoms with Crippen molar-refractivity contribution >= 4 is 5.91 Å². The lowest BCUT2D eigenvalue weighted by Crippen LogP contribution is -2.45. The zero-order chi connectivity index (χ0) is 16.8. The Kier molecular flexibility index (Phi) is 5.05. The molecule has 0 atom stereocenters. The monoisotopic (exact) mass is 331 g/mol. The summed E-state index contributed by atoms with van der Waals surface area (Å²) in [6, 6.07) is 8.04. The van der Waals surface area contributed by atoms with Crippen LogP contribution in [0.2, 0.25) is 0 Å². The van der Waals surface area contributed by atoms with Crippen molar-refractivity contribution in [3.8, 4) is 5.75 Å². The number of carbonyl (C=O) groups is 1. The van der Waals surface area contributed by atoms with Crippen molar-refractivity contribution in [1.82, 2.24) is 25.5 Å². The van der Waals surface area contributed by atoms with Crippen molar-refractivity contribution in [1.29, 1.82) is 0 Å². The molecule has 0 bridgehead atoms. The lowest BCUT2D eigenvalue weighted by molar-refractivity contribution is -0.122. The predicted molar refractivity (Wildman–Crippen MR) is 85.6 cm³/mol. The summed E-state index contributed by atoms with van der Waals surface area (Å²) < 4.78 is 12.1. The van der Waals surface area contributed by atoms with Crippen molar-refractivity contribution in [3.63, 3.8) is 0 Å². The lowest BCUT2D eigenvalue weighted by atomic mass is 9.74. The summed E-state index contributed by atoms with van der Waals surface area (Å²) in [6.07, 6.45) is 3.16. The molecule has 128 valence electrons. The summed E-state index contributed by atoms with van der Waals surface area (Å²) in [5, 5.41) is 13.8. The maximum absolute atomic E-state index is 12.1. The number of rotatable bonds is 6. The van der Waals surface area contributed by atoms with Crippen LogP contribution in [0.25, 0.3) is 0 Å². The number of hydrogen-bond acceptors (Lipinski definition) is 6. The van der Waals surface area contributed by atoms with Gasteiger partial charge in [0.05, 0.1) is 7.11 Å². The van der Waals surface area contributed by atoms with Gasteiger partial charge >= 0.3 is 0 Å². The number of tetrazole rings is 1. The molecular weight excluding hydrogens is 310 g/mol. The van der Waals surface area contributed by atoms with Crippen LogP contribution < -0.4 is 10.1 Å². The smallest absolute Gasteiger partial charge is 0.241 e. The first-order valence-corrected chi connectivity index (χ1v) is 7.92. The number of aromatic nitrogens is 4. The summed E-state index contributed by atoms with van der Waals surface area (Å²) >= 11 is 0. The number of hydrogen-bond donors (Lipinski definition) is 1. The normalized spacial score (nSPS) is 16.5. The van der Waals surface area contributed by atoms with Crippen LogP contribution in [-0.4, -0.2) is 53.0 Å². The highest BCUT2D eigenvalue weighted by atomic mass is 16.5. The first kappa shape index (κ1) is 16.4. The molecule has 24 heavy (non-hydrogen) atoms. The second kappa shape index (κ2) is 7.39. The fraction of sp³-hybridized carbons (Fsp3) is 0.500. The second-order valence-corrected chi connectivity index (χ2v) is 5.91. The zero-order valence-electron chi connectivity index (χ0n) is 13.6. The molecule has 1 amide bonds. The number of ether oxygens (including phenoxy) is 2. The van der Waals surface area contributed by atoms with Crippen molar-refractivity contribution in [2.45, 2.75) is 24.8 Å². The molecule has 2 heterocycles. The molecule has 1 saturated heterocycles. The molecule has 3 rings (SSSR count). The van der Waals surface area contributed by atoms with E-state index in [2.05, 4.69) is 33.0 Å². The van der Waals surface area contributed by atoms with Gasteiger partial charge in [-0.2, -0.15) is 0 Å². The average molecular weight is 331 g/mol. The molecule has 1 aromatic heterocycles. The summed E-state index contributed by atoms with van der Waals surface area (Å²) in [5.74, 6) is 0.713. The molecule has 8 nitrogen and oxygen atoms in total. The van der Waals surface area contributed by atoms with Crippen LogP contribution in [0.15, 0.2) is 30.6 Å². The zero-order valence-corrected chi connectivity index (χ0v) is 13.6. The van der Waals surface area contributed by atoms with Gasteiger partial charge in [-0.1, -0.05) is 12.1 Å². The van der Waals surface area contributed by atoms with E-state index >= 15 is 0 Å². The molecule has 1 aromatic carbocycles. The minimum Gasteiger partial charge on any atom is -0.497 e. The Bertz CT molecular complexity index is 651. The molecule has 0 aliphatic carbocycles. The van der Waals surface area contributed by atoms with E-state index in [1.165, 1.54) is 16.6 Å². The van der Waals surface area contributed by atoms with E-state index < -0.39 is 0 Å². The van der Waals surface area contributed by atoms with E-state index in [4.69, 9.17) is 9.47 Å². The Morgan fingerprint density at radius 2 is 2.08 bits per heavy atom. The van der Waals surface area contributed by atoms with Crippen LogP contribution in [0.5, 0.6) is 5.75 Å². The average Bonchev–Trinajstić information content (AvgIpc) is 3.14. The summed E-state index contributed by atoms with van der Waals surface area (Å²) in [7, 11) is 1.65. The van der Waals surface area contributed by atoms with Gasteiger partial charge in [0, 0.05) is 25.2 Å². The van der Waals surface area contributed by atoms with Gasteiger partial charge in [0.25, 0.3) is 0 Å². The van der Waals surface area contributed by atoms with Gasteiger partial charge in [-0.3, -0.25) is 4.79 Å². The van der Waals surface area contributed by atoms with Gasteiger partial charge in [0.15, 0.2) is 0 Å². The van der Waals surface area contributed by atoms with E-state index in [0.717, 1.165) is 18.6 Å². The molecule has 1 fully saturated rings. The predicted octanol–water partition coefficient (Wildman–Crippen LogP) is 0.546. The third-order valence-corrected chi connectivity index (χ3v) is 4.47. The van der Waals surface area contributed by atoms with Gasteiger partial charge in [-0.15, -0.1) is 5.10 Å². The molecule has 8 heteroatoms. The number of amides is 1. The summed E-state index contributed by atoms with van der Waals surface area (Å²) in [4.78, 5) is 12.1. The van der Waals surface area contributed by atoms with Crippen molar-refractivity contribution in [2.24, 2.45) is 0 Å². The topological polar surface area (TPSA) is 91.2 Å². The summed E-state index contributed by atoms with van der Waals surface area (Å²) in [5.41, 5.74) is 1.06. The molecular formula is C16H21N5O3. The molecule has 0 saturated carbocycles. The number of nitrogens with zero attached hydrogens (tertiary/aromatic N) is 4. The van der Waals surface area contributed by atoms with Gasteiger partial charge in [-0.25, -0.2) is 4.68 Å². The van der Waals surface area contributed by atoms with Crippen LogP contribution in [-0.2, 0) is 21.5 Å². The van der Waals surface area contributed by atoms with Crippen LogP contribution in [0.4, 0.5) is 0 Å². The number of benzene rings is 1. The SMILES string of the molecule is COc1ccc(C2(CNC(=O)Cn3cnnn3)CCOCC2)cc1. The first-order valence-electron chi connectivity index (χ1n) is 7.92. The maximum Gasteiger partial charge on any atom is 0.241 e. The Balaban J connectivity index is 1.69. The van der Waals surface area contributed by atoms with E-state index in [1.54, 1.807) is 7.11 Å². The molecule has 0 unspecified atom stereocenters. The molecule has 0 radical (unpaired) electrons. The van der Waals surface area contributed by atoms with Crippen molar-refractivity contribution in [3.05, 3.63) is 36.2 Å². The van der Waals surface area contributed by atoms with Crippen LogP contribution in [0.1, 0.15) is 18.4 Å². The standard InChI is InChI=1S/C16H21N5O3/c1-23-14-4-2-13(3-5-14)16(6-8-24-9-7-16)11-17-15(22)10-21-12-18-19-20-21/h2-5,12H,6-11H2,1H3,(H,17,22). The molecule has 1 N–H and O–H groups in total. The first-order chi connectivity index (χ1) is 11.7. The molecule has 0 spiro atoms. The highest BCUT2D eigenvalue weighted by Gasteiger charge is 2.34. The Morgan fingerprint density at radius 1 is 1.33 bits per heavy atom. The fourth-order valence-electron chi connectivity index (χ4n) is 3.00. The highest BCUT2D eigenvalue weighted by Crippen LogP contribution is 2.35. The largest absolute Gasteiger partial charge is 0.497 e. The van der Waals surface area contributed by atoms with Crippen molar-refractivity contribution in [2.75, 3.05) is 26.9 Å². The molecule has 1 aliphatic heterocycles. The molecule has 1 aliphatic rings. The number of methoxy groups -OCH3 is 1. The Hall–Kier alpha value is -2.48. The maximum atomic E-state index is 12.1. The van der Waals surface area contributed by atoms with E-state index in [0.29, 0.717) is 19.8 Å². The van der Waals surface area contributed by atoms with Crippen LogP contribution >= 0.6 is 0 Å². The van der Waals surface area contributed by atoms with Crippen molar-refractivity contribution < 1.29 is 14.3 Å². The highest BCUT2D eigenvalue weighted by molar-refractivity contribution is 5.75. The minimum absolute atomic E-state index is 0.110. The lowest BCUT2D eigenvalue weighted by Gasteiger charge is -2.38.